The lowest BCUT2D eigenvalue weighted by atomic mass is 9.77. The molecule has 0 N–H and O–H groups in total. The Bertz CT molecular complexity index is 515. The van der Waals surface area contributed by atoms with Crippen molar-refractivity contribution < 1.29 is 0 Å². The summed E-state index contributed by atoms with van der Waals surface area (Å²) >= 11 is 0. The molecule has 0 radical (unpaired) electrons. The molecule has 1 nitrogen and oxygen atoms in total. The summed E-state index contributed by atoms with van der Waals surface area (Å²) in [5.74, 6) is 0. The van der Waals surface area contributed by atoms with Crippen LogP contribution in [0.3, 0.4) is 0 Å². The van der Waals surface area contributed by atoms with Gasteiger partial charge in [-0.3, -0.25) is 4.90 Å². The van der Waals surface area contributed by atoms with E-state index in [0.717, 1.165) is 0 Å². The first kappa shape index (κ1) is 15.3. The number of piperidine rings is 1. The second kappa shape index (κ2) is 7.11. The van der Waals surface area contributed by atoms with E-state index in [9.17, 15) is 0 Å². The molecule has 0 atom stereocenters. The monoisotopic (exact) mass is 293 g/mol. The summed E-state index contributed by atoms with van der Waals surface area (Å²) in [5.41, 5.74) is 2.94. The minimum absolute atomic E-state index is 0.0394. The first-order valence-electron chi connectivity index (χ1n) is 8.74. The summed E-state index contributed by atoms with van der Waals surface area (Å²) in [4.78, 5) is 2.74. The van der Waals surface area contributed by atoms with E-state index < -0.39 is 0 Å². The van der Waals surface area contributed by atoms with Gasteiger partial charge in [-0.15, -0.1) is 0 Å². The Labute approximate surface area is 135 Å². The topological polar surface area (TPSA) is 3.24 Å². The molecule has 22 heavy (non-hydrogen) atoms. The molecule has 1 saturated heterocycles. The molecule has 0 aromatic heterocycles. The third-order valence-electron chi connectivity index (χ3n) is 5.01. The molecule has 3 rings (SSSR count). The largest absolute Gasteiger partial charge is 0.290 e. The highest BCUT2D eigenvalue weighted by atomic mass is 15.2. The van der Waals surface area contributed by atoms with Crippen LogP contribution < -0.4 is 0 Å². The Kier molecular flexibility index (Phi) is 4.94. The maximum Gasteiger partial charge on any atom is 0.0715 e. The summed E-state index contributed by atoms with van der Waals surface area (Å²) < 4.78 is 0. The van der Waals surface area contributed by atoms with E-state index in [-0.39, 0.29) is 5.54 Å². The van der Waals surface area contributed by atoms with E-state index >= 15 is 0 Å². The molecule has 2 aromatic rings. The zero-order valence-corrected chi connectivity index (χ0v) is 13.7. The van der Waals surface area contributed by atoms with E-state index in [4.69, 9.17) is 0 Å². The van der Waals surface area contributed by atoms with Crippen molar-refractivity contribution in [3.05, 3.63) is 71.8 Å². The summed E-state index contributed by atoms with van der Waals surface area (Å²) in [5, 5.41) is 0. The van der Waals surface area contributed by atoms with Gasteiger partial charge in [-0.1, -0.05) is 80.4 Å². The Morgan fingerprint density at radius 3 is 1.73 bits per heavy atom. The maximum atomic E-state index is 2.74. The van der Waals surface area contributed by atoms with Crippen LogP contribution in [0.5, 0.6) is 0 Å². The van der Waals surface area contributed by atoms with Gasteiger partial charge in [-0.05, 0) is 43.5 Å². The number of hydrogen-bond donors (Lipinski definition) is 0. The fourth-order valence-corrected chi connectivity index (χ4v) is 4.04. The summed E-state index contributed by atoms with van der Waals surface area (Å²) in [6.07, 6.45) is 6.40. The van der Waals surface area contributed by atoms with Gasteiger partial charge in [0.15, 0.2) is 0 Å². The lowest BCUT2D eigenvalue weighted by Gasteiger charge is -2.47. The molecule has 0 spiro atoms. The molecule has 0 bridgehead atoms. The lowest BCUT2D eigenvalue weighted by Crippen LogP contribution is -2.49. The fraction of sp³-hybridized carbons (Fsp3) is 0.429. The molecule has 1 heterocycles. The zero-order valence-electron chi connectivity index (χ0n) is 13.7. The molecule has 1 aliphatic rings. The van der Waals surface area contributed by atoms with Crippen molar-refractivity contribution in [1.82, 2.24) is 4.90 Å². The second-order valence-corrected chi connectivity index (χ2v) is 6.39. The van der Waals surface area contributed by atoms with Crippen LogP contribution in [-0.2, 0) is 5.54 Å². The average molecular weight is 293 g/mol. The van der Waals surface area contributed by atoms with Gasteiger partial charge < -0.3 is 0 Å². The van der Waals surface area contributed by atoms with Crippen molar-refractivity contribution in [1.29, 1.82) is 0 Å². The van der Waals surface area contributed by atoms with Crippen molar-refractivity contribution in [2.45, 2.75) is 44.6 Å². The predicted molar refractivity (Wildman–Crippen MR) is 94.0 cm³/mol. The summed E-state index contributed by atoms with van der Waals surface area (Å²) in [6.45, 7) is 4.73. The molecule has 0 unspecified atom stereocenters. The van der Waals surface area contributed by atoms with Gasteiger partial charge in [0.05, 0.1) is 5.54 Å². The van der Waals surface area contributed by atoms with Crippen LogP contribution in [-0.4, -0.2) is 18.0 Å². The molecule has 0 saturated carbocycles. The van der Waals surface area contributed by atoms with Crippen LogP contribution >= 0.6 is 0 Å². The van der Waals surface area contributed by atoms with E-state index in [1.165, 1.54) is 56.3 Å². The van der Waals surface area contributed by atoms with Gasteiger partial charge in [0, 0.05) is 0 Å². The Morgan fingerprint density at radius 2 is 1.27 bits per heavy atom. The smallest absolute Gasteiger partial charge is 0.0715 e. The van der Waals surface area contributed by atoms with Crippen molar-refractivity contribution >= 4 is 0 Å². The number of likely N-dealkylation sites (tertiary alicyclic amines) is 1. The van der Waals surface area contributed by atoms with Gasteiger partial charge in [0.2, 0.25) is 0 Å². The molecule has 2 aromatic carbocycles. The minimum atomic E-state index is 0.0394. The third-order valence-corrected chi connectivity index (χ3v) is 5.01. The number of nitrogens with zero attached hydrogens (tertiary/aromatic N) is 1. The first-order chi connectivity index (χ1) is 10.9. The van der Waals surface area contributed by atoms with Crippen LogP contribution in [0.4, 0.5) is 0 Å². The molecular weight excluding hydrogens is 266 g/mol. The molecule has 0 amide bonds. The lowest BCUT2D eigenvalue weighted by molar-refractivity contribution is 0.0878. The first-order valence-corrected chi connectivity index (χ1v) is 8.74. The number of benzene rings is 2. The SMILES string of the molecule is CCCC(c1ccccc1)(c1ccccc1)N1CCCCC1. The minimum Gasteiger partial charge on any atom is -0.290 e. The molecule has 116 valence electrons. The number of rotatable bonds is 5. The Morgan fingerprint density at radius 1 is 0.773 bits per heavy atom. The standard InChI is InChI=1S/C21H27N/c1-2-16-21(19-12-6-3-7-13-19,20-14-8-4-9-15-20)22-17-10-5-11-18-22/h3-4,6-9,12-15H,2,5,10-11,16-18H2,1H3. The maximum absolute atomic E-state index is 2.74. The van der Waals surface area contributed by atoms with Crippen molar-refractivity contribution in [2.75, 3.05) is 13.1 Å². The van der Waals surface area contributed by atoms with Crippen LogP contribution in [0.15, 0.2) is 60.7 Å². The average Bonchev–Trinajstić information content (AvgIpc) is 2.62. The predicted octanol–water partition coefficient (Wildman–Crippen LogP) is 5.22. The van der Waals surface area contributed by atoms with Gasteiger partial charge in [0.25, 0.3) is 0 Å². The Balaban J connectivity index is 2.13. The van der Waals surface area contributed by atoms with Crippen LogP contribution in [0.25, 0.3) is 0 Å². The molecule has 1 aliphatic heterocycles. The van der Waals surface area contributed by atoms with Crippen molar-refractivity contribution in [2.24, 2.45) is 0 Å². The normalized spacial score (nSPS) is 16.6. The molecule has 1 heteroatoms. The van der Waals surface area contributed by atoms with Gasteiger partial charge in [-0.25, -0.2) is 0 Å². The zero-order chi connectivity index (χ0) is 15.3. The quantitative estimate of drug-likeness (QED) is 0.731. The van der Waals surface area contributed by atoms with Gasteiger partial charge >= 0.3 is 0 Å². The fourth-order valence-electron chi connectivity index (χ4n) is 4.04. The Hall–Kier alpha value is -1.60. The van der Waals surface area contributed by atoms with E-state index in [0.29, 0.717) is 0 Å². The highest BCUT2D eigenvalue weighted by Gasteiger charge is 2.39. The van der Waals surface area contributed by atoms with E-state index in [2.05, 4.69) is 72.5 Å². The van der Waals surface area contributed by atoms with Gasteiger partial charge in [0.1, 0.15) is 0 Å². The molecular formula is C21H27N. The van der Waals surface area contributed by atoms with Crippen molar-refractivity contribution in [3.8, 4) is 0 Å². The van der Waals surface area contributed by atoms with Gasteiger partial charge in [-0.2, -0.15) is 0 Å². The van der Waals surface area contributed by atoms with Crippen molar-refractivity contribution in [3.63, 3.8) is 0 Å². The second-order valence-electron chi connectivity index (χ2n) is 6.39. The van der Waals surface area contributed by atoms with Crippen LogP contribution in [0.2, 0.25) is 0 Å². The van der Waals surface area contributed by atoms with E-state index in [1.54, 1.807) is 0 Å². The highest BCUT2D eigenvalue weighted by Crippen LogP contribution is 2.41. The van der Waals surface area contributed by atoms with Crippen LogP contribution in [0.1, 0.15) is 50.2 Å². The highest BCUT2D eigenvalue weighted by molar-refractivity contribution is 5.38. The molecule has 0 aliphatic carbocycles. The summed E-state index contributed by atoms with van der Waals surface area (Å²) in [6, 6.07) is 22.3. The van der Waals surface area contributed by atoms with E-state index in [1.807, 2.05) is 0 Å². The summed E-state index contributed by atoms with van der Waals surface area (Å²) in [7, 11) is 0. The third kappa shape index (κ3) is 2.83. The van der Waals surface area contributed by atoms with Crippen LogP contribution in [0, 0.1) is 0 Å². The number of hydrogen-bond acceptors (Lipinski definition) is 1. The molecule has 1 fully saturated rings.